The van der Waals surface area contributed by atoms with E-state index < -0.39 is 0 Å². The number of benzene rings is 9. The van der Waals surface area contributed by atoms with Gasteiger partial charge < -0.3 is 13.7 Å². The molecule has 0 amide bonds. The average molecular weight is 705 g/mol. The Labute approximate surface area is 317 Å². The van der Waals surface area contributed by atoms with Crippen LogP contribution in [0.2, 0.25) is 0 Å². The van der Waals surface area contributed by atoms with Gasteiger partial charge in [0.15, 0.2) is 5.58 Å². The third-order valence-electron chi connectivity index (χ3n) is 10.7. The molecule has 0 atom stereocenters. The molecule has 11 aromatic rings. The van der Waals surface area contributed by atoms with Gasteiger partial charge in [0, 0.05) is 38.8 Å². The van der Waals surface area contributed by atoms with Crippen molar-refractivity contribution in [1.82, 2.24) is 4.98 Å². The average Bonchev–Trinajstić information content (AvgIpc) is 3.86. The zero-order chi connectivity index (χ0) is 36.3. The number of rotatable bonds is 6. The number of anilines is 3. The van der Waals surface area contributed by atoms with E-state index in [0.29, 0.717) is 5.89 Å². The van der Waals surface area contributed by atoms with E-state index in [2.05, 4.69) is 169 Å². The molecule has 258 valence electrons. The zero-order valence-electron chi connectivity index (χ0n) is 29.7. The fraction of sp³-hybridized carbons (Fsp3) is 0. The van der Waals surface area contributed by atoms with Crippen molar-refractivity contribution in [2.75, 3.05) is 4.90 Å². The van der Waals surface area contributed by atoms with Crippen LogP contribution in [0.4, 0.5) is 17.1 Å². The minimum absolute atomic E-state index is 0.607. The molecule has 9 aromatic carbocycles. The highest BCUT2D eigenvalue weighted by Crippen LogP contribution is 2.42. The van der Waals surface area contributed by atoms with E-state index in [9.17, 15) is 0 Å². The van der Waals surface area contributed by atoms with Gasteiger partial charge in [-0.15, -0.1) is 0 Å². The van der Waals surface area contributed by atoms with Gasteiger partial charge in [-0.05, 0) is 105 Å². The SMILES string of the molecule is c1ccc(-c2ccc(N(c3ccc(-c4ccc5c(c4)oc4c6ccccc6c(-c6nc7ccccc7o6)cc54)cc3)c3ccc4ccccc4c3)cc2)cc1. The second-order valence-corrected chi connectivity index (χ2v) is 14.0. The fourth-order valence-corrected chi connectivity index (χ4v) is 7.94. The van der Waals surface area contributed by atoms with Crippen LogP contribution in [0.3, 0.4) is 0 Å². The first kappa shape index (κ1) is 31.1. The van der Waals surface area contributed by atoms with Crippen LogP contribution >= 0.6 is 0 Å². The summed E-state index contributed by atoms with van der Waals surface area (Å²) in [6.45, 7) is 0. The van der Waals surface area contributed by atoms with Crippen LogP contribution < -0.4 is 4.90 Å². The standard InChI is InChI=1S/C51H32N2O2/c1-2-10-33(11-3-1)35-18-24-39(25-19-35)53(41-28-22-34-12-4-5-13-37(34)30-41)40-26-20-36(21-27-40)38-23-29-43-45-32-46(51-52-47-16-8-9-17-48(47)55-51)42-14-6-7-15-44(42)50(45)54-49(43)31-38/h1-32H. The highest BCUT2D eigenvalue weighted by atomic mass is 16.3. The van der Waals surface area contributed by atoms with Gasteiger partial charge in [-0.1, -0.05) is 127 Å². The van der Waals surface area contributed by atoms with Crippen molar-refractivity contribution >= 4 is 71.6 Å². The summed E-state index contributed by atoms with van der Waals surface area (Å²) >= 11 is 0. The van der Waals surface area contributed by atoms with E-state index in [0.717, 1.165) is 77.6 Å². The molecule has 0 saturated carbocycles. The molecule has 0 aliphatic heterocycles. The monoisotopic (exact) mass is 704 g/mol. The van der Waals surface area contributed by atoms with E-state index in [-0.39, 0.29) is 0 Å². The molecule has 0 radical (unpaired) electrons. The number of hydrogen-bond acceptors (Lipinski definition) is 4. The predicted molar refractivity (Wildman–Crippen MR) is 227 cm³/mol. The van der Waals surface area contributed by atoms with Gasteiger partial charge in [-0.25, -0.2) is 4.98 Å². The summed E-state index contributed by atoms with van der Waals surface area (Å²) in [7, 11) is 0. The molecule has 0 unspecified atom stereocenters. The van der Waals surface area contributed by atoms with Crippen molar-refractivity contribution in [3.05, 3.63) is 194 Å². The number of fused-ring (bicyclic) bond motifs is 7. The number of hydrogen-bond donors (Lipinski definition) is 0. The number of nitrogens with zero attached hydrogens (tertiary/aromatic N) is 2. The summed E-state index contributed by atoms with van der Waals surface area (Å²) in [6.07, 6.45) is 0. The van der Waals surface area contributed by atoms with Gasteiger partial charge in [0.1, 0.15) is 16.7 Å². The summed E-state index contributed by atoms with van der Waals surface area (Å²) in [5, 5.41) is 6.59. The first-order chi connectivity index (χ1) is 27.2. The van der Waals surface area contributed by atoms with E-state index in [4.69, 9.17) is 13.8 Å². The van der Waals surface area contributed by atoms with Gasteiger partial charge in [-0.3, -0.25) is 0 Å². The van der Waals surface area contributed by atoms with Crippen molar-refractivity contribution in [2.45, 2.75) is 0 Å². The molecule has 0 saturated heterocycles. The van der Waals surface area contributed by atoms with Crippen LogP contribution in [-0.4, -0.2) is 4.98 Å². The summed E-state index contributed by atoms with van der Waals surface area (Å²) in [5.74, 6) is 0.607. The molecule has 55 heavy (non-hydrogen) atoms. The molecule has 0 spiro atoms. The van der Waals surface area contributed by atoms with E-state index in [1.807, 2.05) is 30.3 Å². The van der Waals surface area contributed by atoms with Crippen molar-refractivity contribution in [1.29, 1.82) is 0 Å². The lowest BCUT2D eigenvalue weighted by molar-refractivity contribution is 0.620. The molecule has 0 N–H and O–H groups in total. The van der Waals surface area contributed by atoms with Crippen molar-refractivity contribution in [2.24, 2.45) is 0 Å². The van der Waals surface area contributed by atoms with Crippen molar-refractivity contribution < 1.29 is 8.83 Å². The maximum atomic E-state index is 6.67. The topological polar surface area (TPSA) is 42.4 Å². The number of aromatic nitrogens is 1. The Bertz CT molecular complexity index is 3160. The van der Waals surface area contributed by atoms with Gasteiger partial charge in [0.2, 0.25) is 5.89 Å². The lowest BCUT2D eigenvalue weighted by Crippen LogP contribution is -2.09. The first-order valence-corrected chi connectivity index (χ1v) is 18.5. The molecule has 4 nitrogen and oxygen atoms in total. The molecule has 2 aromatic heterocycles. The molecule has 2 heterocycles. The summed E-state index contributed by atoms with van der Waals surface area (Å²) in [6, 6.07) is 68.2. The van der Waals surface area contributed by atoms with Crippen molar-refractivity contribution in [3.63, 3.8) is 0 Å². The molecule has 4 heteroatoms. The van der Waals surface area contributed by atoms with Crippen LogP contribution in [0, 0.1) is 0 Å². The summed E-state index contributed by atoms with van der Waals surface area (Å²) < 4.78 is 12.9. The van der Waals surface area contributed by atoms with Crippen LogP contribution in [0.5, 0.6) is 0 Å². The highest BCUT2D eigenvalue weighted by molar-refractivity contribution is 6.19. The quantitative estimate of drug-likeness (QED) is 0.173. The maximum Gasteiger partial charge on any atom is 0.227 e. The summed E-state index contributed by atoms with van der Waals surface area (Å²) in [4.78, 5) is 7.17. The second-order valence-electron chi connectivity index (χ2n) is 14.0. The number of furan rings is 1. The number of para-hydroxylation sites is 2. The Morgan fingerprint density at radius 3 is 1.76 bits per heavy atom. The minimum atomic E-state index is 0.607. The lowest BCUT2D eigenvalue weighted by atomic mass is 9.99. The maximum absolute atomic E-state index is 6.67. The van der Waals surface area contributed by atoms with E-state index >= 15 is 0 Å². The number of oxazole rings is 1. The highest BCUT2D eigenvalue weighted by Gasteiger charge is 2.19. The molecule has 0 fully saturated rings. The van der Waals surface area contributed by atoms with E-state index in [1.54, 1.807) is 0 Å². The fourth-order valence-electron chi connectivity index (χ4n) is 7.94. The Morgan fingerprint density at radius 2 is 0.982 bits per heavy atom. The third kappa shape index (κ3) is 5.34. The Hall–Kier alpha value is -7.43. The molecule has 11 rings (SSSR count). The van der Waals surface area contributed by atoms with Crippen LogP contribution in [-0.2, 0) is 0 Å². The van der Waals surface area contributed by atoms with Gasteiger partial charge in [0.05, 0.1) is 0 Å². The molecular formula is C51H32N2O2. The van der Waals surface area contributed by atoms with Crippen LogP contribution in [0.15, 0.2) is 203 Å². The Balaban J connectivity index is 0.986. The minimum Gasteiger partial charge on any atom is -0.455 e. The zero-order valence-corrected chi connectivity index (χ0v) is 29.7. The largest absolute Gasteiger partial charge is 0.455 e. The lowest BCUT2D eigenvalue weighted by Gasteiger charge is -2.26. The third-order valence-corrected chi connectivity index (χ3v) is 10.7. The summed E-state index contributed by atoms with van der Waals surface area (Å²) in [5.41, 5.74) is 12.1. The molecule has 0 aliphatic carbocycles. The van der Waals surface area contributed by atoms with Gasteiger partial charge in [-0.2, -0.15) is 0 Å². The van der Waals surface area contributed by atoms with Crippen molar-refractivity contribution in [3.8, 4) is 33.7 Å². The van der Waals surface area contributed by atoms with Crippen LogP contribution in [0.25, 0.3) is 88.3 Å². The van der Waals surface area contributed by atoms with Crippen LogP contribution in [0.1, 0.15) is 0 Å². The van der Waals surface area contributed by atoms with Gasteiger partial charge >= 0.3 is 0 Å². The van der Waals surface area contributed by atoms with Gasteiger partial charge in [0.25, 0.3) is 0 Å². The molecule has 0 bridgehead atoms. The second kappa shape index (κ2) is 12.6. The van der Waals surface area contributed by atoms with E-state index in [1.165, 1.54) is 21.9 Å². The predicted octanol–water partition coefficient (Wildman–Crippen LogP) is 14.5. The first-order valence-electron chi connectivity index (χ1n) is 18.5. The Morgan fingerprint density at radius 1 is 0.364 bits per heavy atom. The normalized spacial score (nSPS) is 11.6. The molecular weight excluding hydrogens is 673 g/mol. The Kier molecular flexibility index (Phi) is 7.14. The smallest absolute Gasteiger partial charge is 0.227 e. The molecule has 0 aliphatic rings.